The fraction of sp³-hybridized carbons (Fsp3) is 0.750. The van der Waals surface area contributed by atoms with Crippen LogP contribution in [0.15, 0.2) is 18.5 Å². The molecule has 0 atom stereocenters. The van der Waals surface area contributed by atoms with E-state index in [1.807, 2.05) is 0 Å². The maximum atomic E-state index is 11.7. The third kappa shape index (κ3) is 11.1. The molecule has 1 aromatic heterocycles. The number of unbranched alkanes of at least 4 members (excludes halogenated alkanes) is 11. The van der Waals surface area contributed by atoms with Crippen LogP contribution in [0, 0.1) is 0 Å². The minimum absolute atomic E-state index is 0.0742. The van der Waals surface area contributed by atoms with Gasteiger partial charge in [-0.05, 0) is 32.1 Å². The molecule has 1 aromatic rings. The molecule has 0 aliphatic heterocycles. The number of carbonyl (C=O) groups excluding carboxylic acids is 1. The van der Waals surface area contributed by atoms with Crippen molar-refractivity contribution in [2.45, 2.75) is 96.8 Å². The molecule has 24 heavy (non-hydrogen) atoms. The van der Waals surface area contributed by atoms with Crippen LogP contribution in [0.4, 0.5) is 0 Å². The lowest BCUT2D eigenvalue weighted by Gasteiger charge is -2.00. The number of ketones is 1. The molecule has 1 N–H and O–H groups in total. The highest BCUT2D eigenvalue weighted by atomic mass is 16.1. The maximum absolute atomic E-state index is 11.7. The van der Waals surface area contributed by atoms with Crippen molar-refractivity contribution < 1.29 is 4.79 Å². The number of hydrogen-bond acceptors (Lipinski definition) is 3. The zero-order valence-corrected chi connectivity index (χ0v) is 15.4. The Bertz CT molecular complexity index is 426. The van der Waals surface area contributed by atoms with Gasteiger partial charge < -0.3 is 0 Å². The first-order valence-electron chi connectivity index (χ1n) is 9.88. The average Bonchev–Trinajstić information content (AvgIpc) is 3.13. The second kappa shape index (κ2) is 15.1. The average molecular weight is 334 g/mol. The summed E-state index contributed by atoms with van der Waals surface area (Å²) in [7, 11) is 0. The number of nitrogens with one attached hydrogen (secondary N) is 1. The highest BCUT2D eigenvalue weighted by Crippen LogP contribution is 2.10. The predicted molar refractivity (Wildman–Crippen MR) is 100 cm³/mol. The number of hydrogen-bond donors (Lipinski definition) is 1. The largest absolute Gasteiger partial charge is 0.291 e. The normalized spacial score (nSPS) is 11.4. The Morgan fingerprint density at radius 1 is 0.917 bits per heavy atom. The van der Waals surface area contributed by atoms with Crippen molar-refractivity contribution in [1.29, 1.82) is 0 Å². The molecular weight excluding hydrogens is 298 g/mol. The molecule has 0 bridgehead atoms. The number of H-pyrrole nitrogens is 1. The zero-order valence-electron chi connectivity index (χ0n) is 15.4. The molecule has 0 spiro atoms. The van der Waals surface area contributed by atoms with Crippen LogP contribution in [0.3, 0.4) is 0 Å². The van der Waals surface area contributed by atoms with E-state index < -0.39 is 0 Å². The number of allylic oxidation sites excluding steroid dienone is 2. The molecular formula is C20H35N3O. The van der Waals surface area contributed by atoms with Crippen LogP contribution in [0.25, 0.3) is 0 Å². The van der Waals surface area contributed by atoms with Gasteiger partial charge in [0.15, 0.2) is 11.6 Å². The predicted octanol–water partition coefficient (Wildman–Crippen LogP) is 6.02. The Morgan fingerprint density at radius 3 is 2.08 bits per heavy atom. The van der Waals surface area contributed by atoms with E-state index in [1.54, 1.807) is 0 Å². The molecule has 0 radical (unpaired) electrons. The fourth-order valence-electron chi connectivity index (χ4n) is 2.81. The highest BCUT2D eigenvalue weighted by Gasteiger charge is 2.07. The van der Waals surface area contributed by atoms with Crippen molar-refractivity contribution in [2.24, 2.45) is 0 Å². The standard InChI is InChI=1S/C20H35N3O/c1-2-3-4-5-6-7-8-9-10-11-12-13-14-15-16-17-19(24)20-21-18-22-23-20/h9-10,18H,2-8,11-17H2,1H3,(H,21,22,23)/b10-9-. The van der Waals surface area contributed by atoms with E-state index in [0.29, 0.717) is 12.2 Å². The molecule has 4 nitrogen and oxygen atoms in total. The van der Waals surface area contributed by atoms with Gasteiger partial charge in [-0.3, -0.25) is 9.89 Å². The van der Waals surface area contributed by atoms with Crippen molar-refractivity contribution in [3.8, 4) is 0 Å². The summed E-state index contributed by atoms with van der Waals surface area (Å²) in [6.07, 6.45) is 23.2. The summed E-state index contributed by atoms with van der Waals surface area (Å²) in [5.41, 5.74) is 0. The summed E-state index contributed by atoms with van der Waals surface area (Å²) in [6.45, 7) is 2.26. The number of nitrogens with zero attached hydrogens (tertiary/aromatic N) is 2. The SMILES string of the molecule is CCCCCCCC/C=C\CCCCCCCC(=O)c1ncn[nH]1. The van der Waals surface area contributed by atoms with Crippen LogP contribution in [-0.4, -0.2) is 21.0 Å². The van der Waals surface area contributed by atoms with Crippen LogP contribution in [0.1, 0.15) is 107 Å². The van der Waals surface area contributed by atoms with Crippen molar-refractivity contribution in [3.05, 3.63) is 24.3 Å². The Balaban J connectivity index is 1.80. The van der Waals surface area contributed by atoms with E-state index in [-0.39, 0.29) is 5.78 Å². The van der Waals surface area contributed by atoms with Crippen molar-refractivity contribution in [2.75, 3.05) is 0 Å². The second-order valence-electron chi connectivity index (χ2n) is 6.59. The van der Waals surface area contributed by atoms with Crippen LogP contribution in [-0.2, 0) is 0 Å². The number of aromatic amines is 1. The number of aromatic nitrogens is 3. The van der Waals surface area contributed by atoms with Gasteiger partial charge in [0.25, 0.3) is 0 Å². The molecule has 0 fully saturated rings. The lowest BCUT2D eigenvalue weighted by Crippen LogP contribution is -2.01. The molecule has 1 rings (SSSR count). The lowest BCUT2D eigenvalue weighted by molar-refractivity contribution is 0.0969. The van der Waals surface area contributed by atoms with Gasteiger partial charge in [-0.2, -0.15) is 5.10 Å². The first kappa shape index (κ1) is 20.6. The smallest absolute Gasteiger partial charge is 0.199 e. The molecule has 0 aliphatic carbocycles. The van der Waals surface area contributed by atoms with Crippen molar-refractivity contribution >= 4 is 5.78 Å². The van der Waals surface area contributed by atoms with E-state index in [2.05, 4.69) is 34.3 Å². The molecule has 0 aliphatic rings. The van der Waals surface area contributed by atoms with Crippen LogP contribution in [0.2, 0.25) is 0 Å². The van der Waals surface area contributed by atoms with Gasteiger partial charge >= 0.3 is 0 Å². The van der Waals surface area contributed by atoms with E-state index in [0.717, 1.165) is 12.8 Å². The third-order valence-electron chi connectivity index (χ3n) is 4.34. The monoisotopic (exact) mass is 333 g/mol. The topological polar surface area (TPSA) is 58.6 Å². The van der Waals surface area contributed by atoms with Gasteiger partial charge in [0.2, 0.25) is 0 Å². The summed E-state index contributed by atoms with van der Waals surface area (Å²) >= 11 is 0. The minimum Gasteiger partial charge on any atom is -0.291 e. The van der Waals surface area contributed by atoms with Crippen molar-refractivity contribution in [1.82, 2.24) is 15.2 Å². The van der Waals surface area contributed by atoms with E-state index in [4.69, 9.17) is 0 Å². The van der Waals surface area contributed by atoms with Crippen molar-refractivity contribution in [3.63, 3.8) is 0 Å². The first-order chi connectivity index (χ1) is 11.8. The molecule has 0 aromatic carbocycles. The number of carbonyl (C=O) groups is 1. The molecule has 136 valence electrons. The molecule has 1 heterocycles. The summed E-state index contributed by atoms with van der Waals surface area (Å²) < 4.78 is 0. The number of rotatable bonds is 16. The quantitative estimate of drug-likeness (QED) is 0.228. The summed E-state index contributed by atoms with van der Waals surface area (Å²) in [6, 6.07) is 0. The fourth-order valence-corrected chi connectivity index (χ4v) is 2.81. The molecule has 0 saturated carbocycles. The molecule has 0 saturated heterocycles. The van der Waals surface area contributed by atoms with Crippen LogP contribution >= 0.6 is 0 Å². The molecule has 4 heteroatoms. The Labute approximate surface area is 147 Å². The first-order valence-corrected chi connectivity index (χ1v) is 9.88. The summed E-state index contributed by atoms with van der Waals surface area (Å²) in [5, 5.41) is 6.32. The summed E-state index contributed by atoms with van der Waals surface area (Å²) in [5.74, 6) is 0.468. The van der Waals surface area contributed by atoms with Gasteiger partial charge in [-0.25, -0.2) is 4.98 Å². The van der Waals surface area contributed by atoms with Gasteiger partial charge in [0.05, 0.1) is 0 Å². The van der Waals surface area contributed by atoms with Gasteiger partial charge in [0.1, 0.15) is 6.33 Å². The van der Waals surface area contributed by atoms with Gasteiger partial charge in [-0.1, -0.05) is 70.4 Å². The summed E-state index contributed by atoms with van der Waals surface area (Å²) in [4.78, 5) is 15.6. The van der Waals surface area contributed by atoms with Gasteiger partial charge in [-0.15, -0.1) is 0 Å². The van der Waals surface area contributed by atoms with Crippen LogP contribution < -0.4 is 0 Å². The lowest BCUT2D eigenvalue weighted by atomic mass is 10.1. The highest BCUT2D eigenvalue weighted by molar-refractivity contribution is 5.92. The Kier molecular flexibility index (Phi) is 13.0. The maximum Gasteiger partial charge on any atom is 0.199 e. The van der Waals surface area contributed by atoms with Gasteiger partial charge in [0, 0.05) is 6.42 Å². The third-order valence-corrected chi connectivity index (χ3v) is 4.34. The van der Waals surface area contributed by atoms with E-state index in [1.165, 1.54) is 77.0 Å². The minimum atomic E-state index is 0.0742. The second-order valence-corrected chi connectivity index (χ2v) is 6.59. The zero-order chi connectivity index (χ0) is 17.3. The Morgan fingerprint density at radius 2 is 1.50 bits per heavy atom. The van der Waals surface area contributed by atoms with Crippen LogP contribution in [0.5, 0.6) is 0 Å². The van der Waals surface area contributed by atoms with E-state index in [9.17, 15) is 4.79 Å². The molecule has 0 unspecified atom stereocenters. The number of Topliss-reactive ketones (excluding diaryl/α,β-unsaturated/α-hetero) is 1. The Hall–Kier alpha value is -1.45. The molecule has 0 amide bonds. The van der Waals surface area contributed by atoms with E-state index >= 15 is 0 Å².